The lowest BCUT2D eigenvalue weighted by molar-refractivity contribution is 0.0998. The van der Waals surface area contributed by atoms with Gasteiger partial charge in [0.15, 0.2) is 5.75 Å². The van der Waals surface area contributed by atoms with E-state index in [9.17, 15) is 4.79 Å². The monoisotopic (exact) mass is 390 g/mol. The summed E-state index contributed by atoms with van der Waals surface area (Å²) >= 11 is 2.22. The quantitative estimate of drug-likeness (QED) is 0.694. The maximum absolute atomic E-state index is 11.6. The van der Waals surface area contributed by atoms with Gasteiger partial charge in [-0.05, 0) is 59.0 Å². The molecule has 104 valence electrons. The molecule has 0 atom stereocenters. The molecule has 3 aromatic rings. The zero-order valence-corrected chi connectivity index (χ0v) is 13.1. The highest BCUT2D eigenvalue weighted by molar-refractivity contribution is 14.1. The van der Waals surface area contributed by atoms with Crippen LogP contribution < -0.4 is 10.5 Å². The van der Waals surface area contributed by atoms with E-state index in [1.54, 1.807) is 0 Å². The van der Waals surface area contributed by atoms with Gasteiger partial charge in [-0.15, -0.1) is 0 Å². The van der Waals surface area contributed by atoms with Crippen LogP contribution in [-0.4, -0.2) is 10.9 Å². The average molecular weight is 390 g/mol. The average Bonchev–Trinajstić information content (AvgIpc) is 2.49. The minimum atomic E-state index is -0.561. The zero-order chi connectivity index (χ0) is 14.8. The lowest BCUT2D eigenvalue weighted by atomic mass is 10.1. The highest BCUT2D eigenvalue weighted by Crippen LogP contribution is 2.32. The second kappa shape index (κ2) is 5.69. The van der Waals surface area contributed by atoms with E-state index >= 15 is 0 Å². The van der Waals surface area contributed by atoms with Gasteiger partial charge in [-0.1, -0.05) is 12.1 Å². The number of nitrogens with two attached hydrogens (primary N) is 1. The third kappa shape index (κ3) is 2.82. The van der Waals surface area contributed by atoms with E-state index in [1.807, 2.05) is 48.5 Å². The number of para-hydroxylation sites is 1. The second-order valence-electron chi connectivity index (χ2n) is 4.44. The molecule has 0 aliphatic heterocycles. The molecule has 3 rings (SSSR count). The summed E-state index contributed by atoms with van der Waals surface area (Å²) in [5, 5.41) is 0.757. The van der Waals surface area contributed by atoms with Gasteiger partial charge in [-0.25, -0.2) is 0 Å². The molecule has 1 aromatic heterocycles. The smallest absolute Gasteiger partial charge is 0.254 e. The number of benzene rings is 2. The minimum absolute atomic E-state index is 0.271. The number of rotatable bonds is 3. The first-order valence-corrected chi connectivity index (χ1v) is 7.34. The topological polar surface area (TPSA) is 65.2 Å². The van der Waals surface area contributed by atoms with Crippen LogP contribution in [0.1, 0.15) is 10.4 Å². The Morgan fingerprint density at radius 1 is 1.10 bits per heavy atom. The molecule has 0 radical (unpaired) electrons. The highest BCUT2D eigenvalue weighted by atomic mass is 127. The van der Waals surface area contributed by atoms with E-state index in [0.29, 0.717) is 11.5 Å². The predicted octanol–water partition coefficient (Wildman–Crippen LogP) is 3.73. The molecule has 5 heteroatoms. The molecule has 0 saturated heterocycles. The fourth-order valence-corrected chi connectivity index (χ4v) is 2.38. The van der Waals surface area contributed by atoms with E-state index in [2.05, 4.69) is 27.6 Å². The maximum atomic E-state index is 11.6. The Labute approximate surface area is 135 Å². The zero-order valence-electron chi connectivity index (χ0n) is 10.9. The molecule has 1 amide bonds. The van der Waals surface area contributed by atoms with Crippen molar-refractivity contribution in [2.45, 2.75) is 0 Å². The summed E-state index contributed by atoms with van der Waals surface area (Å²) in [6.45, 7) is 0. The summed E-state index contributed by atoms with van der Waals surface area (Å²) in [6.07, 6.45) is 1.45. The molecule has 0 saturated carbocycles. The number of hydrogen-bond donors (Lipinski definition) is 1. The number of carbonyl (C=O) groups is 1. The predicted molar refractivity (Wildman–Crippen MR) is 89.5 cm³/mol. The molecule has 0 spiro atoms. The SMILES string of the molecule is NC(=O)c1cnc2ccccc2c1Oc1ccc(I)cc1. The van der Waals surface area contributed by atoms with Crippen molar-refractivity contribution in [3.8, 4) is 11.5 Å². The van der Waals surface area contributed by atoms with Crippen LogP contribution in [0.4, 0.5) is 0 Å². The Morgan fingerprint density at radius 2 is 1.81 bits per heavy atom. The van der Waals surface area contributed by atoms with Crippen molar-refractivity contribution in [2.24, 2.45) is 5.73 Å². The lowest BCUT2D eigenvalue weighted by Crippen LogP contribution is -2.13. The molecule has 0 fully saturated rings. The molecule has 4 nitrogen and oxygen atoms in total. The Hall–Kier alpha value is -2.15. The van der Waals surface area contributed by atoms with Crippen molar-refractivity contribution in [3.63, 3.8) is 0 Å². The highest BCUT2D eigenvalue weighted by Gasteiger charge is 2.15. The van der Waals surface area contributed by atoms with E-state index < -0.39 is 5.91 Å². The molecule has 0 aliphatic carbocycles. The first kappa shape index (κ1) is 13.8. The molecule has 2 aromatic carbocycles. The molecule has 1 heterocycles. The van der Waals surface area contributed by atoms with Gasteiger partial charge in [0.2, 0.25) is 0 Å². The lowest BCUT2D eigenvalue weighted by Gasteiger charge is -2.12. The number of amides is 1. The largest absolute Gasteiger partial charge is 0.456 e. The molecule has 0 aliphatic rings. The van der Waals surface area contributed by atoms with Crippen molar-refractivity contribution in [2.75, 3.05) is 0 Å². The van der Waals surface area contributed by atoms with Crippen LogP contribution in [0.25, 0.3) is 10.9 Å². The molecule has 2 N–H and O–H groups in total. The molecule has 0 bridgehead atoms. The summed E-state index contributed by atoms with van der Waals surface area (Å²) in [5.74, 6) is 0.525. The van der Waals surface area contributed by atoms with Crippen LogP contribution in [-0.2, 0) is 0 Å². The third-order valence-corrected chi connectivity index (χ3v) is 3.74. The number of fused-ring (bicyclic) bond motifs is 1. The van der Waals surface area contributed by atoms with E-state index in [-0.39, 0.29) is 5.56 Å². The van der Waals surface area contributed by atoms with Gasteiger partial charge in [-0.2, -0.15) is 0 Å². The number of aromatic nitrogens is 1. The fourth-order valence-electron chi connectivity index (χ4n) is 2.02. The summed E-state index contributed by atoms with van der Waals surface area (Å²) in [4.78, 5) is 15.8. The summed E-state index contributed by atoms with van der Waals surface area (Å²) in [7, 11) is 0. The van der Waals surface area contributed by atoms with Crippen molar-refractivity contribution >= 4 is 39.4 Å². The fraction of sp³-hybridized carbons (Fsp3) is 0. The normalized spacial score (nSPS) is 10.5. The van der Waals surface area contributed by atoms with E-state index in [0.717, 1.165) is 14.5 Å². The molecule has 0 unspecified atom stereocenters. The van der Waals surface area contributed by atoms with Crippen molar-refractivity contribution in [1.29, 1.82) is 0 Å². The number of hydrogen-bond acceptors (Lipinski definition) is 3. The van der Waals surface area contributed by atoms with Gasteiger partial charge in [0.25, 0.3) is 5.91 Å². The second-order valence-corrected chi connectivity index (χ2v) is 5.68. The van der Waals surface area contributed by atoms with Gasteiger partial charge >= 0.3 is 0 Å². The van der Waals surface area contributed by atoms with Gasteiger partial charge < -0.3 is 10.5 Å². The Bertz CT molecular complexity index is 816. The van der Waals surface area contributed by atoms with Crippen LogP contribution >= 0.6 is 22.6 Å². The number of carbonyl (C=O) groups excluding carboxylic acids is 1. The van der Waals surface area contributed by atoms with Crippen LogP contribution in [0.3, 0.4) is 0 Å². The van der Waals surface area contributed by atoms with Crippen LogP contribution in [0, 0.1) is 3.57 Å². The number of ether oxygens (including phenoxy) is 1. The number of nitrogens with zero attached hydrogens (tertiary/aromatic N) is 1. The van der Waals surface area contributed by atoms with Gasteiger partial charge in [-0.3, -0.25) is 9.78 Å². The maximum Gasteiger partial charge on any atom is 0.254 e. The van der Waals surface area contributed by atoms with E-state index in [1.165, 1.54) is 6.20 Å². The summed E-state index contributed by atoms with van der Waals surface area (Å²) < 4.78 is 7.00. The number of halogens is 1. The summed E-state index contributed by atoms with van der Waals surface area (Å²) in [6, 6.07) is 15.0. The Balaban J connectivity index is 2.16. The van der Waals surface area contributed by atoms with Crippen LogP contribution in [0.2, 0.25) is 0 Å². The minimum Gasteiger partial charge on any atom is -0.456 e. The molecule has 21 heavy (non-hydrogen) atoms. The first-order valence-electron chi connectivity index (χ1n) is 6.26. The van der Waals surface area contributed by atoms with E-state index in [4.69, 9.17) is 10.5 Å². The van der Waals surface area contributed by atoms with Crippen molar-refractivity contribution in [1.82, 2.24) is 4.98 Å². The summed E-state index contributed by atoms with van der Waals surface area (Å²) in [5.41, 5.74) is 6.45. The molecular formula is C16H11IN2O2. The number of primary amides is 1. The number of pyridine rings is 1. The van der Waals surface area contributed by atoms with Crippen LogP contribution in [0.15, 0.2) is 54.7 Å². The third-order valence-electron chi connectivity index (χ3n) is 3.03. The van der Waals surface area contributed by atoms with Crippen molar-refractivity contribution in [3.05, 3.63) is 63.9 Å². The van der Waals surface area contributed by atoms with Gasteiger partial charge in [0.05, 0.1) is 5.52 Å². The molecular weight excluding hydrogens is 379 g/mol. The van der Waals surface area contributed by atoms with Gasteiger partial charge in [0, 0.05) is 15.2 Å². The first-order chi connectivity index (χ1) is 10.1. The van der Waals surface area contributed by atoms with Crippen molar-refractivity contribution < 1.29 is 9.53 Å². The van der Waals surface area contributed by atoms with Gasteiger partial charge in [0.1, 0.15) is 11.3 Å². The van der Waals surface area contributed by atoms with Crippen LogP contribution in [0.5, 0.6) is 11.5 Å². The standard InChI is InChI=1S/C16H11IN2O2/c17-10-5-7-11(8-6-10)21-15-12-3-1-2-4-14(12)19-9-13(15)16(18)20/h1-9H,(H2,18,20). The Kier molecular flexibility index (Phi) is 3.74. The Morgan fingerprint density at radius 3 is 2.52 bits per heavy atom.